The Morgan fingerprint density at radius 1 is 1.43 bits per heavy atom. The van der Waals surface area contributed by atoms with E-state index in [1.165, 1.54) is 12.8 Å². The minimum Gasteiger partial charge on any atom is -0.381 e. The number of ether oxygens (including phenoxy) is 1. The van der Waals surface area contributed by atoms with Gasteiger partial charge in [0.1, 0.15) is 0 Å². The van der Waals surface area contributed by atoms with E-state index in [9.17, 15) is 8.42 Å². The van der Waals surface area contributed by atoms with Crippen LogP contribution in [0.1, 0.15) is 26.2 Å². The molecule has 0 heterocycles. The lowest BCUT2D eigenvalue weighted by Crippen LogP contribution is -2.26. The van der Waals surface area contributed by atoms with Gasteiger partial charge < -0.3 is 4.74 Å². The van der Waals surface area contributed by atoms with Crippen LogP contribution in [0.4, 0.5) is 0 Å². The standard InChI is InChI=1S/C9H19NO3S/c1-2-14(11,12)10-6-3-7-13-8-9-4-5-9/h9-10H,2-8H2,1H3. The Bertz CT molecular complexity index is 247. The number of hydrogen-bond acceptors (Lipinski definition) is 3. The number of sulfonamides is 1. The van der Waals surface area contributed by atoms with Gasteiger partial charge in [-0.25, -0.2) is 13.1 Å². The first-order chi connectivity index (χ1) is 6.64. The molecule has 0 amide bonds. The molecule has 1 N–H and O–H groups in total. The molecule has 14 heavy (non-hydrogen) atoms. The average molecular weight is 221 g/mol. The van der Waals surface area contributed by atoms with E-state index >= 15 is 0 Å². The largest absolute Gasteiger partial charge is 0.381 e. The third-order valence-electron chi connectivity index (χ3n) is 2.22. The van der Waals surface area contributed by atoms with Gasteiger partial charge in [0, 0.05) is 19.8 Å². The van der Waals surface area contributed by atoms with Crippen molar-refractivity contribution >= 4 is 10.0 Å². The highest BCUT2D eigenvalue weighted by atomic mass is 32.2. The van der Waals surface area contributed by atoms with Crippen molar-refractivity contribution in [2.24, 2.45) is 5.92 Å². The van der Waals surface area contributed by atoms with Crippen molar-refractivity contribution in [2.75, 3.05) is 25.5 Å². The second-order valence-corrected chi connectivity index (χ2v) is 5.77. The second kappa shape index (κ2) is 5.68. The van der Waals surface area contributed by atoms with E-state index in [1.54, 1.807) is 6.92 Å². The summed E-state index contributed by atoms with van der Waals surface area (Å²) < 4.78 is 29.9. The molecule has 0 aliphatic heterocycles. The fourth-order valence-corrected chi connectivity index (χ4v) is 1.70. The van der Waals surface area contributed by atoms with Crippen molar-refractivity contribution in [3.63, 3.8) is 0 Å². The Labute approximate surface area is 86.1 Å². The Kier molecular flexibility index (Phi) is 4.84. The van der Waals surface area contributed by atoms with Crippen LogP contribution < -0.4 is 4.72 Å². The molecule has 0 aromatic heterocycles. The molecule has 1 fully saturated rings. The molecule has 0 saturated heterocycles. The highest BCUT2D eigenvalue weighted by Gasteiger charge is 2.20. The van der Waals surface area contributed by atoms with E-state index in [0.29, 0.717) is 13.2 Å². The van der Waals surface area contributed by atoms with Crippen LogP contribution in [0, 0.1) is 5.92 Å². The van der Waals surface area contributed by atoms with Gasteiger partial charge in [0.2, 0.25) is 10.0 Å². The van der Waals surface area contributed by atoms with Gasteiger partial charge in [0.15, 0.2) is 0 Å². The lowest BCUT2D eigenvalue weighted by molar-refractivity contribution is 0.123. The molecule has 5 heteroatoms. The molecule has 1 rings (SSSR count). The molecular formula is C9H19NO3S. The SMILES string of the molecule is CCS(=O)(=O)NCCCOCC1CC1. The van der Waals surface area contributed by atoms with Crippen molar-refractivity contribution in [3.05, 3.63) is 0 Å². The summed E-state index contributed by atoms with van der Waals surface area (Å²) in [7, 11) is -3.02. The summed E-state index contributed by atoms with van der Waals surface area (Å²) in [5.41, 5.74) is 0. The normalized spacial score (nSPS) is 17.2. The Morgan fingerprint density at radius 3 is 2.71 bits per heavy atom. The molecule has 0 radical (unpaired) electrons. The van der Waals surface area contributed by atoms with Gasteiger partial charge in [-0.3, -0.25) is 0 Å². The summed E-state index contributed by atoms with van der Waals surface area (Å²) in [5.74, 6) is 0.929. The van der Waals surface area contributed by atoms with E-state index in [1.807, 2.05) is 0 Å². The molecule has 0 bridgehead atoms. The molecule has 1 aliphatic rings. The second-order valence-electron chi connectivity index (χ2n) is 3.67. The molecular weight excluding hydrogens is 202 g/mol. The molecule has 1 saturated carbocycles. The van der Waals surface area contributed by atoms with Crippen molar-refractivity contribution in [1.29, 1.82) is 0 Å². The zero-order valence-electron chi connectivity index (χ0n) is 8.66. The first-order valence-corrected chi connectivity index (χ1v) is 6.84. The summed E-state index contributed by atoms with van der Waals surface area (Å²) >= 11 is 0. The summed E-state index contributed by atoms with van der Waals surface area (Å²) in [5, 5.41) is 0. The lowest BCUT2D eigenvalue weighted by Gasteiger charge is -2.04. The maximum Gasteiger partial charge on any atom is 0.211 e. The molecule has 0 aromatic rings. The summed E-state index contributed by atoms with van der Waals surface area (Å²) in [4.78, 5) is 0. The summed E-state index contributed by atoms with van der Waals surface area (Å²) in [6.07, 6.45) is 3.34. The van der Waals surface area contributed by atoms with Gasteiger partial charge in [-0.1, -0.05) is 0 Å². The van der Waals surface area contributed by atoms with Gasteiger partial charge >= 0.3 is 0 Å². The monoisotopic (exact) mass is 221 g/mol. The maximum atomic E-state index is 11.0. The zero-order chi connectivity index (χ0) is 10.4. The lowest BCUT2D eigenvalue weighted by atomic mass is 10.4. The third kappa shape index (κ3) is 5.57. The minimum absolute atomic E-state index is 0.149. The number of hydrogen-bond donors (Lipinski definition) is 1. The molecule has 1 aliphatic carbocycles. The van der Waals surface area contributed by atoms with E-state index in [4.69, 9.17) is 4.74 Å². The zero-order valence-corrected chi connectivity index (χ0v) is 9.48. The Hall–Kier alpha value is -0.130. The first-order valence-electron chi connectivity index (χ1n) is 5.19. The fraction of sp³-hybridized carbons (Fsp3) is 1.00. The molecule has 0 aromatic carbocycles. The smallest absolute Gasteiger partial charge is 0.211 e. The van der Waals surface area contributed by atoms with Gasteiger partial charge in [-0.2, -0.15) is 0 Å². The minimum atomic E-state index is -3.02. The van der Waals surface area contributed by atoms with Crippen LogP contribution >= 0.6 is 0 Å². The van der Waals surface area contributed by atoms with Crippen LogP contribution in [-0.2, 0) is 14.8 Å². The van der Waals surface area contributed by atoms with Gasteiger partial charge in [-0.15, -0.1) is 0 Å². The predicted molar refractivity (Wildman–Crippen MR) is 55.6 cm³/mol. The molecule has 84 valence electrons. The van der Waals surface area contributed by atoms with Gasteiger partial charge in [-0.05, 0) is 32.1 Å². The van der Waals surface area contributed by atoms with Crippen molar-refractivity contribution in [3.8, 4) is 0 Å². The number of rotatable bonds is 8. The average Bonchev–Trinajstić information content (AvgIpc) is 2.95. The van der Waals surface area contributed by atoms with E-state index in [2.05, 4.69) is 4.72 Å². The van der Waals surface area contributed by atoms with Crippen molar-refractivity contribution in [1.82, 2.24) is 4.72 Å². The van der Waals surface area contributed by atoms with Crippen molar-refractivity contribution < 1.29 is 13.2 Å². The van der Waals surface area contributed by atoms with E-state index in [0.717, 1.165) is 18.9 Å². The quantitative estimate of drug-likeness (QED) is 0.615. The van der Waals surface area contributed by atoms with Crippen LogP contribution in [0.25, 0.3) is 0 Å². The predicted octanol–water partition coefficient (Wildman–Crippen LogP) is 0.742. The number of nitrogens with one attached hydrogen (secondary N) is 1. The molecule has 0 atom stereocenters. The molecule has 0 spiro atoms. The van der Waals surface area contributed by atoms with Gasteiger partial charge in [0.05, 0.1) is 5.75 Å². The fourth-order valence-electron chi connectivity index (χ4n) is 1.04. The van der Waals surface area contributed by atoms with Crippen LogP contribution in [-0.4, -0.2) is 33.9 Å². The molecule has 4 nitrogen and oxygen atoms in total. The Morgan fingerprint density at radius 2 is 2.14 bits per heavy atom. The highest BCUT2D eigenvalue weighted by molar-refractivity contribution is 7.89. The van der Waals surface area contributed by atoms with E-state index in [-0.39, 0.29) is 5.75 Å². The summed E-state index contributed by atoms with van der Waals surface area (Å²) in [6.45, 7) is 3.62. The van der Waals surface area contributed by atoms with Crippen molar-refractivity contribution in [2.45, 2.75) is 26.2 Å². The van der Waals surface area contributed by atoms with Crippen LogP contribution in [0.5, 0.6) is 0 Å². The van der Waals surface area contributed by atoms with Crippen LogP contribution in [0.3, 0.4) is 0 Å². The molecule has 0 unspecified atom stereocenters. The Balaban J connectivity index is 1.88. The summed E-state index contributed by atoms with van der Waals surface area (Å²) in [6, 6.07) is 0. The third-order valence-corrected chi connectivity index (χ3v) is 3.62. The van der Waals surface area contributed by atoms with E-state index < -0.39 is 10.0 Å². The highest BCUT2D eigenvalue weighted by Crippen LogP contribution is 2.28. The van der Waals surface area contributed by atoms with Crippen LogP contribution in [0.15, 0.2) is 0 Å². The van der Waals surface area contributed by atoms with Gasteiger partial charge in [0.25, 0.3) is 0 Å². The first kappa shape index (κ1) is 11.9. The van der Waals surface area contributed by atoms with Crippen LogP contribution in [0.2, 0.25) is 0 Å². The topological polar surface area (TPSA) is 55.4 Å². The maximum absolute atomic E-state index is 11.0.